The number of carbonyl (C=O) groups is 1. The zero-order valence-corrected chi connectivity index (χ0v) is 14.5. The molecule has 3 nitrogen and oxygen atoms in total. The third kappa shape index (κ3) is 3.82. The molecule has 24 heavy (non-hydrogen) atoms. The highest BCUT2D eigenvalue weighted by Gasteiger charge is 2.18. The first-order chi connectivity index (χ1) is 11.5. The molecule has 126 valence electrons. The zero-order valence-electron chi connectivity index (χ0n) is 13.0. The van der Waals surface area contributed by atoms with Gasteiger partial charge in [0.1, 0.15) is 5.82 Å². The summed E-state index contributed by atoms with van der Waals surface area (Å²) in [5.74, 6) is -0.812. The number of hydrogen-bond acceptors (Lipinski definition) is 2. The molecule has 0 radical (unpaired) electrons. The largest absolute Gasteiger partial charge is 0.370 e. The predicted molar refractivity (Wildman–Crippen MR) is 96.6 cm³/mol. The van der Waals surface area contributed by atoms with Gasteiger partial charge in [-0.25, -0.2) is 4.39 Å². The lowest BCUT2D eigenvalue weighted by Gasteiger charge is -2.22. The maximum Gasteiger partial charge on any atom is 0.229 e. The van der Waals surface area contributed by atoms with Crippen molar-refractivity contribution in [1.82, 2.24) is 0 Å². The lowest BCUT2D eigenvalue weighted by Crippen LogP contribution is -2.22. The van der Waals surface area contributed by atoms with Crippen LogP contribution >= 0.6 is 23.2 Å². The summed E-state index contributed by atoms with van der Waals surface area (Å²) in [6, 6.07) is 9.81. The number of nitrogens with one attached hydrogen (secondary N) is 1. The van der Waals surface area contributed by atoms with Crippen LogP contribution in [0.3, 0.4) is 0 Å². The highest BCUT2D eigenvalue weighted by atomic mass is 35.5. The summed E-state index contributed by atoms with van der Waals surface area (Å²) in [5, 5.41) is 3.63. The Balaban J connectivity index is 1.80. The van der Waals surface area contributed by atoms with Gasteiger partial charge in [-0.3, -0.25) is 4.79 Å². The molecule has 1 amide bonds. The van der Waals surface area contributed by atoms with E-state index >= 15 is 0 Å². The lowest BCUT2D eigenvalue weighted by molar-refractivity contribution is -0.115. The van der Waals surface area contributed by atoms with Crippen LogP contribution in [0.15, 0.2) is 36.4 Å². The van der Waals surface area contributed by atoms with Crippen LogP contribution in [0.5, 0.6) is 0 Å². The molecule has 0 aromatic heterocycles. The van der Waals surface area contributed by atoms with Crippen LogP contribution in [0.4, 0.5) is 15.8 Å². The molecule has 6 heteroatoms. The summed E-state index contributed by atoms with van der Waals surface area (Å²) in [4.78, 5) is 14.6. The van der Waals surface area contributed by atoms with Gasteiger partial charge in [-0.1, -0.05) is 29.3 Å². The third-order valence-corrected chi connectivity index (χ3v) is 4.67. The molecule has 0 saturated carbocycles. The standard InChI is InChI=1S/C18H17Cl2FN2O/c19-12-6-7-17(23-8-1-2-9-23)16(10-12)22-18(24)11-13-14(20)4-3-5-15(13)21/h3-7,10H,1-2,8-9,11H2,(H,22,24). The van der Waals surface area contributed by atoms with Crippen LogP contribution in [0.2, 0.25) is 10.0 Å². The number of anilines is 2. The van der Waals surface area contributed by atoms with Crippen molar-refractivity contribution in [3.05, 3.63) is 57.8 Å². The quantitative estimate of drug-likeness (QED) is 0.833. The van der Waals surface area contributed by atoms with Gasteiger partial charge in [0, 0.05) is 28.7 Å². The number of nitrogens with zero attached hydrogens (tertiary/aromatic N) is 1. The second-order valence-corrected chi connectivity index (χ2v) is 6.62. The molecule has 1 aliphatic heterocycles. The molecule has 1 saturated heterocycles. The smallest absolute Gasteiger partial charge is 0.229 e. The molecule has 1 N–H and O–H groups in total. The van der Waals surface area contributed by atoms with E-state index in [1.165, 1.54) is 12.1 Å². The fraction of sp³-hybridized carbons (Fsp3) is 0.278. The summed E-state index contributed by atoms with van der Waals surface area (Å²) < 4.78 is 13.8. The Bertz CT molecular complexity index is 740. The van der Waals surface area contributed by atoms with E-state index in [9.17, 15) is 9.18 Å². The zero-order chi connectivity index (χ0) is 17.1. The van der Waals surface area contributed by atoms with E-state index in [1.54, 1.807) is 18.2 Å². The molecule has 1 fully saturated rings. The van der Waals surface area contributed by atoms with Crippen molar-refractivity contribution in [1.29, 1.82) is 0 Å². The number of benzene rings is 2. The molecule has 0 unspecified atom stereocenters. The number of amides is 1. The molecule has 1 heterocycles. The fourth-order valence-corrected chi connectivity index (χ4v) is 3.30. The monoisotopic (exact) mass is 366 g/mol. The van der Waals surface area contributed by atoms with E-state index in [-0.39, 0.29) is 22.9 Å². The Morgan fingerprint density at radius 3 is 2.62 bits per heavy atom. The van der Waals surface area contributed by atoms with E-state index in [4.69, 9.17) is 23.2 Å². The van der Waals surface area contributed by atoms with Gasteiger partial charge in [0.2, 0.25) is 5.91 Å². The number of carbonyl (C=O) groups excluding carboxylic acids is 1. The molecule has 0 aliphatic carbocycles. The second kappa shape index (κ2) is 7.41. The van der Waals surface area contributed by atoms with Gasteiger partial charge in [0.15, 0.2) is 0 Å². The molecule has 2 aromatic carbocycles. The van der Waals surface area contributed by atoms with Crippen molar-refractivity contribution in [2.75, 3.05) is 23.3 Å². The van der Waals surface area contributed by atoms with Gasteiger partial charge in [-0.2, -0.15) is 0 Å². The van der Waals surface area contributed by atoms with Crippen molar-refractivity contribution in [3.63, 3.8) is 0 Å². The van der Waals surface area contributed by atoms with E-state index in [0.29, 0.717) is 10.7 Å². The van der Waals surface area contributed by atoms with E-state index < -0.39 is 5.82 Å². The lowest BCUT2D eigenvalue weighted by atomic mass is 10.1. The van der Waals surface area contributed by atoms with Crippen molar-refractivity contribution < 1.29 is 9.18 Å². The summed E-state index contributed by atoms with van der Waals surface area (Å²) in [6.07, 6.45) is 2.12. The average molecular weight is 367 g/mol. The molecule has 3 rings (SSSR count). The topological polar surface area (TPSA) is 32.3 Å². The first-order valence-corrected chi connectivity index (χ1v) is 8.57. The normalized spacial score (nSPS) is 14.0. The Hall–Kier alpha value is -1.78. The second-order valence-electron chi connectivity index (χ2n) is 5.78. The number of rotatable bonds is 4. The fourth-order valence-electron chi connectivity index (χ4n) is 2.90. The van der Waals surface area contributed by atoms with Gasteiger partial charge in [0.25, 0.3) is 0 Å². The van der Waals surface area contributed by atoms with Crippen LogP contribution in [-0.2, 0) is 11.2 Å². The minimum absolute atomic E-state index is 0.128. The molecule has 0 bridgehead atoms. The Morgan fingerprint density at radius 2 is 1.92 bits per heavy atom. The van der Waals surface area contributed by atoms with Crippen LogP contribution in [-0.4, -0.2) is 19.0 Å². The predicted octanol–water partition coefficient (Wildman–Crippen LogP) is 4.91. The first kappa shape index (κ1) is 17.1. The van der Waals surface area contributed by atoms with E-state index in [0.717, 1.165) is 31.6 Å². The van der Waals surface area contributed by atoms with E-state index in [2.05, 4.69) is 10.2 Å². The maximum absolute atomic E-state index is 13.8. The third-order valence-electron chi connectivity index (χ3n) is 4.08. The average Bonchev–Trinajstić information content (AvgIpc) is 3.05. The molecule has 0 atom stereocenters. The first-order valence-electron chi connectivity index (χ1n) is 7.82. The van der Waals surface area contributed by atoms with Crippen LogP contribution in [0, 0.1) is 5.82 Å². The number of halogens is 3. The van der Waals surface area contributed by atoms with Gasteiger partial charge < -0.3 is 10.2 Å². The summed E-state index contributed by atoms with van der Waals surface area (Å²) in [6.45, 7) is 1.90. The Kier molecular flexibility index (Phi) is 5.27. The van der Waals surface area contributed by atoms with Gasteiger partial charge >= 0.3 is 0 Å². The van der Waals surface area contributed by atoms with Crippen molar-refractivity contribution >= 4 is 40.5 Å². The van der Waals surface area contributed by atoms with E-state index in [1.807, 2.05) is 6.07 Å². The molecule has 0 spiro atoms. The van der Waals surface area contributed by atoms with Gasteiger partial charge in [-0.15, -0.1) is 0 Å². The van der Waals surface area contributed by atoms with Crippen LogP contribution in [0.1, 0.15) is 18.4 Å². The van der Waals surface area contributed by atoms with Crippen LogP contribution < -0.4 is 10.2 Å². The Labute approximate surface area is 150 Å². The van der Waals surface area contributed by atoms with Gasteiger partial charge in [-0.05, 0) is 43.2 Å². The maximum atomic E-state index is 13.8. The van der Waals surface area contributed by atoms with Crippen molar-refractivity contribution in [2.45, 2.75) is 19.3 Å². The SMILES string of the molecule is O=C(Cc1c(F)cccc1Cl)Nc1cc(Cl)ccc1N1CCCC1. The van der Waals surface area contributed by atoms with Crippen molar-refractivity contribution in [3.8, 4) is 0 Å². The summed E-state index contributed by atoms with van der Waals surface area (Å²) in [7, 11) is 0. The van der Waals surface area contributed by atoms with Crippen LogP contribution in [0.25, 0.3) is 0 Å². The number of hydrogen-bond donors (Lipinski definition) is 1. The highest BCUT2D eigenvalue weighted by Crippen LogP contribution is 2.32. The van der Waals surface area contributed by atoms with Crippen molar-refractivity contribution in [2.24, 2.45) is 0 Å². The summed E-state index contributed by atoms with van der Waals surface area (Å²) in [5.41, 5.74) is 1.77. The minimum Gasteiger partial charge on any atom is -0.370 e. The molecular weight excluding hydrogens is 350 g/mol. The molecule has 2 aromatic rings. The van der Waals surface area contributed by atoms with Gasteiger partial charge in [0.05, 0.1) is 17.8 Å². The minimum atomic E-state index is -0.483. The molecular formula is C18H17Cl2FN2O. The molecule has 1 aliphatic rings. The Morgan fingerprint density at radius 1 is 1.17 bits per heavy atom. The highest BCUT2D eigenvalue weighted by molar-refractivity contribution is 6.32. The summed E-state index contributed by atoms with van der Waals surface area (Å²) >= 11 is 12.1.